The van der Waals surface area contributed by atoms with E-state index in [1.807, 2.05) is 24.3 Å². The van der Waals surface area contributed by atoms with Crippen LogP contribution in [0.25, 0.3) is 0 Å². The molecule has 0 saturated carbocycles. The number of fused-ring (bicyclic) bond motifs is 1. The van der Waals surface area contributed by atoms with Crippen LogP contribution in [0.5, 0.6) is 0 Å². The summed E-state index contributed by atoms with van der Waals surface area (Å²) in [6.45, 7) is 1.28. The molecular formula is C19H18N2O4S. The number of carbonyl (C=O) groups is 3. The summed E-state index contributed by atoms with van der Waals surface area (Å²) in [6, 6.07) is 16.3. The molecule has 6 nitrogen and oxygen atoms in total. The summed E-state index contributed by atoms with van der Waals surface area (Å²) in [6.07, 6.45) is -0.966. The van der Waals surface area contributed by atoms with Crippen LogP contribution in [0.15, 0.2) is 59.5 Å². The molecule has 2 aromatic rings. The van der Waals surface area contributed by atoms with Gasteiger partial charge >= 0.3 is 5.97 Å². The van der Waals surface area contributed by atoms with Gasteiger partial charge in [0.15, 0.2) is 6.10 Å². The normalized spacial score (nSPS) is 14.3. The van der Waals surface area contributed by atoms with E-state index in [-0.39, 0.29) is 18.2 Å². The highest BCUT2D eigenvalue weighted by molar-refractivity contribution is 8.00. The van der Waals surface area contributed by atoms with Crippen molar-refractivity contribution in [3.63, 3.8) is 0 Å². The zero-order valence-electron chi connectivity index (χ0n) is 14.2. The van der Waals surface area contributed by atoms with E-state index in [0.29, 0.717) is 11.4 Å². The average Bonchev–Trinajstić information content (AvgIpc) is 2.65. The highest BCUT2D eigenvalue weighted by Crippen LogP contribution is 2.34. The predicted octanol–water partition coefficient (Wildman–Crippen LogP) is 2.70. The topological polar surface area (TPSA) is 75.7 Å². The molecule has 1 aliphatic rings. The van der Waals surface area contributed by atoms with Gasteiger partial charge in [-0.2, -0.15) is 0 Å². The minimum absolute atomic E-state index is 0.160. The van der Waals surface area contributed by atoms with E-state index >= 15 is 0 Å². The SMILES string of the molecule is C[C@@H](OC(=O)CN1C(=O)CSc2ccccc21)C(=O)Nc1ccccc1. The molecular weight excluding hydrogens is 352 g/mol. The maximum absolute atomic E-state index is 12.2. The number of hydrogen-bond donors (Lipinski definition) is 1. The molecule has 2 aromatic carbocycles. The Hall–Kier alpha value is -2.80. The zero-order valence-corrected chi connectivity index (χ0v) is 15.0. The lowest BCUT2D eigenvalue weighted by molar-refractivity contribution is -0.152. The summed E-state index contributed by atoms with van der Waals surface area (Å²) in [7, 11) is 0. The van der Waals surface area contributed by atoms with Gasteiger partial charge in [-0.15, -0.1) is 11.8 Å². The largest absolute Gasteiger partial charge is 0.451 e. The summed E-state index contributed by atoms with van der Waals surface area (Å²) in [5.74, 6) is -0.942. The fraction of sp³-hybridized carbons (Fsp3) is 0.211. The van der Waals surface area contributed by atoms with E-state index in [2.05, 4.69) is 5.32 Å². The first-order valence-electron chi connectivity index (χ1n) is 8.12. The first kappa shape index (κ1) is 18.0. The highest BCUT2D eigenvalue weighted by Gasteiger charge is 2.28. The number of para-hydroxylation sites is 2. The Morgan fingerprint density at radius 1 is 1.15 bits per heavy atom. The Labute approximate surface area is 155 Å². The summed E-state index contributed by atoms with van der Waals surface area (Å²) < 4.78 is 5.20. The van der Waals surface area contributed by atoms with Gasteiger partial charge < -0.3 is 10.1 Å². The molecule has 0 unspecified atom stereocenters. The summed E-state index contributed by atoms with van der Waals surface area (Å²) in [5, 5.41) is 2.68. The number of ether oxygens (including phenoxy) is 1. The number of carbonyl (C=O) groups excluding carboxylic acids is 3. The molecule has 1 aliphatic heterocycles. The van der Waals surface area contributed by atoms with Gasteiger partial charge in [-0.25, -0.2) is 0 Å². The van der Waals surface area contributed by atoms with Crippen LogP contribution in [-0.4, -0.2) is 36.2 Å². The van der Waals surface area contributed by atoms with Crippen molar-refractivity contribution >= 4 is 40.9 Å². The molecule has 0 aromatic heterocycles. The Morgan fingerprint density at radius 3 is 2.62 bits per heavy atom. The van der Waals surface area contributed by atoms with Gasteiger partial charge in [-0.1, -0.05) is 30.3 Å². The number of benzene rings is 2. The molecule has 1 atom stereocenters. The first-order chi connectivity index (χ1) is 12.5. The van der Waals surface area contributed by atoms with Crippen molar-refractivity contribution < 1.29 is 19.1 Å². The fourth-order valence-electron chi connectivity index (χ4n) is 2.51. The maximum Gasteiger partial charge on any atom is 0.326 e. The zero-order chi connectivity index (χ0) is 18.5. The van der Waals surface area contributed by atoms with E-state index in [0.717, 1.165) is 4.90 Å². The van der Waals surface area contributed by atoms with Crippen LogP contribution in [-0.2, 0) is 19.1 Å². The fourth-order valence-corrected chi connectivity index (χ4v) is 3.45. The molecule has 1 heterocycles. The van der Waals surface area contributed by atoms with Crippen LogP contribution >= 0.6 is 11.8 Å². The number of nitrogens with zero attached hydrogens (tertiary/aromatic N) is 1. The molecule has 134 valence electrons. The van der Waals surface area contributed by atoms with Crippen molar-refractivity contribution in [2.24, 2.45) is 0 Å². The lowest BCUT2D eigenvalue weighted by Gasteiger charge is -2.28. The number of rotatable bonds is 5. The Bertz CT molecular complexity index is 825. The average molecular weight is 370 g/mol. The smallest absolute Gasteiger partial charge is 0.326 e. The maximum atomic E-state index is 12.2. The molecule has 0 bridgehead atoms. The number of thioether (sulfide) groups is 1. The molecule has 0 aliphatic carbocycles. The highest BCUT2D eigenvalue weighted by atomic mass is 32.2. The molecule has 3 rings (SSSR count). The van der Waals surface area contributed by atoms with Crippen molar-refractivity contribution in [2.45, 2.75) is 17.9 Å². The van der Waals surface area contributed by atoms with E-state index in [9.17, 15) is 14.4 Å². The molecule has 1 N–H and O–H groups in total. The van der Waals surface area contributed by atoms with Gasteiger partial charge in [-0.3, -0.25) is 19.3 Å². The number of esters is 1. The van der Waals surface area contributed by atoms with Crippen LogP contribution in [0.2, 0.25) is 0 Å². The lowest BCUT2D eigenvalue weighted by Crippen LogP contribution is -2.41. The monoisotopic (exact) mass is 370 g/mol. The summed E-state index contributed by atoms with van der Waals surface area (Å²) >= 11 is 1.44. The molecule has 7 heteroatoms. The third-order valence-electron chi connectivity index (χ3n) is 3.81. The van der Waals surface area contributed by atoms with Gasteiger partial charge in [-0.05, 0) is 31.2 Å². The van der Waals surface area contributed by atoms with Crippen LogP contribution in [0, 0.1) is 0 Å². The lowest BCUT2D eigenvalue weighted by atomic mass is 10.2. The molecule has 0 fully saturated rings. The molecule has 26 heavy (non-hydrogen) atoms. The van der Waals surface area contributed by atoms with E-state index in [4.69, 9.17) is 4.74 Å². The molecule has 0 spiro atoms. The van der Waals surface area contributed by atoms with Gasteiger partial charge in [0.25, 0.3) is 5.91 Å². The van der Waals surface area contributed by atoms with Crippen LogP contribution < -0.4 is 10.2 Å². The Balaban J connectivity index is 1.60. The Kier molecular flexibility index (Phi) is 5.58. The number of hydrogen-bond acceptors (Lipinski definition) is 5. The second-order valence-electron chi connectivity index (χ2n) is 5.72. The second-order valence-corrected chi connectivity index (χ2v) is 6.74. The van der Waals surface area contributed by atoms with Crippen molar-refractivity contribution in [3.05, 3.63) is 54.6 Å². The molecule has 0 saturated heterocycles. The van der Waals surface area contributed by atoms with E-state index in [1.165, 1.54) is 23.6 Å². The van der Waals surface area contributed by atoms with Gasteiger partial charge in [0, 0.05) is 10.6 Å². The van der Waals surface area contributed by atoms with Crippen molar-refractivity contribution in [1.29, 1.82) is 0 Å². The quantitative estimate of drug-likeness (QED) is 0.819. The van der Waals surface area contributed by atoms with E-state index in [1.54, 1.807) is 30.3 Å². The summed E-state index contributed by atoms with van der Waals surface area (Å²) in [4.78, 5) is 38.9. The third kappa shape index (κ3) is 4.23. The first-order valence-corrected chi connectivity index (χ1v) is 9.11. The van der Waals surface area contributed by atoms with Crippen LogP contribution in [0.3, 0.4) is 0 Å². The third-order valence-corrected chi connectivity index (χ3v) is 4.86. The second kappa shape index (κ2) is 8.05. The van der Waals surface area contributed by atoms with Crippen molar-refractivity contribution in [3.8, 4) is 0 Å². The van der Waals surface area contributed by atoms with Crippen molar-refractivity contribution in [2.75, 3.05) is 22.5 Å². The van der Waals surface area contributed by atoms with Gasteiger partial charge in [0.2, 0.25) is 5.91 Å². The van der Waals surface area contributed by atoms with Gasteiger partial charge in [0.1, 0.15) is 6.54 Å². The Morgan fingerprint density at radius 2 is 1.85 bits per heavy atom. The van der Waals surface area contributed by atoms with Gasteiger partial charge in [0.05, 0.1) is 11.4 Å². The van der Waals surface area contributed by atoms with Crippen LogP contribution in [0.1, 0.15) is 6.92 Å². The molecule has 2 amide bonds. The number of nitrogens with one attached hydrogen (secondary N) is 1. The minimum Gasteiger partial charge on any atom is -0.451 e. The van der Waals surface area contributed by atoms with E-state index < -0.39 is 18.0 Å². The minimum atomic E-state index is -0.966. The van der Waals surface area contributed by atoms with Crippen molar-refractivity contribution in [1.82, 2.24) is 0 Å². The standard InChI is InChI=1S/C19H18N2O4S/c1-13(19(24)20-14-7-3-2-4-8-14)25-18(23)11-21-15-9-5-6-10-16(15)26-12-17(21)22/h2-10,13H,11-12H2,1H3,(H,20,24)/t13-/m1/s1. The number of amides is 2. The van der Waals surface area contributed by atoms with Crippen LogP contribution in [0.4, 0.5) is 11.4 Å². The number of anilines is 2. The predicted molar refractivity (Wildman–Crippen MR) is 100 cm³/mol. The molecule has 0 radical (unpaired) electrons. The summed E-state index contributed by atoms with van der Waals surface area (Å²) in [5.41, 5.74) is 1.31.